The van der Waals surface area contributed by atoms with Crippen molar-refractivity contribution in [1.82, 2.24) is 9.88 Å². The minimum Gasteiger partial charge on any atom is -0.478 e. The first-order chi connectivity index (χ1) is 11.4. The van der Waals surface area contributed by atoms with Gasteiger partial charge in [-0.3, -0.25) is 4.90 Å². The molecule has 7 nitrogen and oxygen atoms in total. The summed E-state index contributed by atoms with van der Waals surface area (Å²) in [7, 11) is 2.26. The summed E-state index contributed by atoms with van der Waals surface area (Å²) in [6, 6.07) is 7.59. The van der Waals surface area contributed by atoms with E-state index in [1.54, 1.807) is 0 Å². The van der Waals surface area contributed by atoms with E-state index in [4.69, 9.17) is 10.2 Å². The predicted octanol–water partition coefficient (Wildman–Crippen LogP) is 1.84. The highest BCUT2D eigenvalue weighted by atomic mass is 79.9. The molecule has 2 N–H and O–H groups in total. The third-order valence-electron chi connectivity index (χ3n) is 4.24. The molecular formula is C16H20BrN3O4. The maximum atomic E-state index is 9.55. The molecule has 24 heavy (non-hydrogen) atoms. The van der Waals surface area contributed by atoms with Gasteiger partial charge in [-0.2, -0.15) is 0 Å². The lowest BCUT2D eigenvalue weighted by Crippen LogP contribution is -2.52. The van der Waals surface area contributed by atoms with Crippen LogP contribution in [-0.4, -0.2) is 64.3 Å². The quantitative estimate of drug-likeness (QED) is 0.593. The third kappa shape index (κ3) is 5.04. The third-order valence-corrected chi connectivity index (χ3v) is 4.68. The Labute approximate surface area is 148 Å². The number of aliphatic carboxylic acids is 2. The second-order valence-electron chi connectivity index (χ2n) is 5.78. The fraction of sp³-hybridized carbons (Fsp3) is 0.438. The lowest BCUT2D eigenvalue weighted by atomic mass is 10.2. The highest BCUT2D eigenvalue weighted by Crippen LogP contribution is 2.30. The molecule has 1 aromatic heterocycles. The molecule has 3 heterocycles. The van der Waals surface area contributed by atoms with Crippen molar-refractivity contribution in [3.63, 3.8) is 0 Å². The molecule has 0 spiro atoms. The fourth-order valence-corrected chi connectivity index (χ4v) is 3.35. The van der Waals surface area contributed by atoms with E-state index in [0.717, 1.165) is 35.6 Å². The Morgan fingerprint density at radius 2 is 1.71 bits per heavy atom. The van der Waals surface area contributed by atoms with Gasteiger partial charge in [-0.05, 0) is 48.0 Å². The van der Waals surface area contributed by atoms with E-state index in [9.17, 15) is 9.59 Å². The first kappa shape index (κ1) is 18.4. The molecule has 2 fully saturated rings. The average molecular weight is 398 g/mol. The molecule has 2 saturated heterocycles. The Kier molecular flexibility index (Phi) is 6.33. The number of anilines is 1. The number of likely N-dealkylation sites (N-methyl/N-ethyl adjacent to an activating group) is 1. The zero-order chi connectivity index (χ0) is 17.7. The van der Waals surface area contributed by atoms with Crippen molar-refractivity contribution in [1.29, 1.82) is 0 Å². The van der Waals surface area contributed by atoms with E-state index >= 15 is 0 Å². The van der Waals surface area contributed by atoms with Crippen LogP contribution in [0.3, 0.4) is 0 Å². The van der Waals surface area contributed by atoms with Crippen LogP contribution in [0.5, 0.6) is 0 Å². The molecule has 2 aliphatic heterocycles. The standard InChI is InChI=1S/C12H16BrN3.C4H4O4/c1-15-9-5-6-10(15)8-16(7-9)12-4-2-3-11(13)14-12;5-3(6)1-2-4(7)8/h2-4,9-10H,5-8H2,1H3;1-2H,(H,5,6)(H,7,8)/b;2-1+. The van der Waals surface area contributed by atoms with Gasteiger partial charge < -0.3 is 15.1 Å². The van der Waals surface area contributed by atoms with Gasteiger partial charge in [-0.1, -0.05) is 6.07 Å². The van der Waals surface area contributed by atoms with Crippen molar-refractivity contribution in [3.05, 3.63) is 35.0 Å². The SMILES string of the molecule is CN1C2CCC1CN(c1cccc(Br)n1)C2.O=C(O)/C=C/C(=O)O. The van der Waals surface area contributed by atoms with E-state index in [1.807, 2.05) is 6.07 Å². The van der Waals surface area contributed by atoms with Gasteiger partial charge >= 0.3 is 11.9 Å². The predicted molar refractivity (Wildman–Crippen MR) is 93.1 cm³/mol. The van der Waals surface area contributed by atoms with Gasteiger partial charge in [-0.25, -0.2) is 14.6 Å². The van der Waals surface area contributed by atoms with Crippen molar-refractivity contribution in [2.45, 2.75) is 24.9 Å². The largest absolute Gasteiger partial charge is 0.478 e. The Hall–Kier alpha value is -1.93. The van der Waals surface area contributed by atoms with Crippen LogP contribution in [0, 0.1) is 0 Å². The van der Waals surface area contributed by atoms with Crippen molar-refractivity contribution in [2.24, 2.45) is 0 Å². The number of hydrogen-bond acceptors (Lipinski definition) is 5. The molecule has 130 valence electrons. The Bertz CT molecular complexity index is 608. The Morgan fingerprint density at radius 1 is 1.17 bits per heavy atom. The second kappa shape index (κ2) is 8.25. The number of carboxylic acid groups (broad SMARTS) is 2. The summed E-state index contributed by atoms with van der Waals surface area (Å²) < 4.78 is 0.927. The van der Waals surface area contributed by atoms with Gasteiger partial charge in [0.15, 0.2) is 0 Å². The lowest BCUT2D eigenvalue weighted by molar-refractivity contribution is -0.134. The number of aromatic nitrogens is 1. The van der Waals surface area contributed by atoms with Crippen LogP contribution in [0.25, 0.3) is 0 Å². The van der Waals surface area contributed by atoms with Crippen molar-refractivity contribution < 1.29 is 19.8 Å². The summed E-state index contributed by atoms with van der Waals surface area (Å²) in [5, 5.41) is 15.6. The van der Waals surface area contributed by atoms with E-state index in [-0.39, 0.29) is 0 Å². The van der Waals surface area contributed by atoms with Crippen LogP contribution < -0.4 is 4.90 Å². The first-order valence-electron chi connectivity index (χ1n) is 7.60. The van der Waals surface area contributed by atoms with E-state index < -0.39 is 11.9 Å². The van der Waals surface area contributed by atoms with Crippen molar-refractivity contribution >= 4 is 33.7 Å². The first-order valence-corrected chi connectivity index (χ1v) is 8.39. The van der Waals surface area contributed by atoms with Crippen LogP contribution >= 0.6 is 15.9 Å². The number of carboxylic acids is 2. The molecule has 1 aromatic rings. The molecule has 0 radical (unpaired) electrons. The van der Waals surface area contributed by atoms with Gasteiger partial charge in [0.1, 0.15) is 10.4 Å². The monoisotopic (exact) mass is 397 g/mol. The fourth-order valence-electron chi connectivity index (χ4n) is 3.02. The van der Waals surface area contributed by atoms with Gasteiger partial charge in [0.05, 0.1) is 0 Å². The van der Waals surface area contributed by atoms with Gasteiger partial charge in [0.2, 0.25) is 0 Å². The number of nitrogens with zero attached hydrogens (tertiary/aromatic N) is 3. The topological polar surface area (TPSA) is 94.0 Å². The van der Waals surface area contributed by atoms with Crippen molar-refractivity contribution in [3.8, 4) is 0 Å². The molecule has 2 atom stereocenters. The molecular weight excluding hydrogens is 378 g/mol. The summed E-state index contributed by atoms with van der Waals surface area (Å²) in [6.45, 7) is 2.24. The summed E-state index contributed by atoms with van der Waals surface area (Å²) in [6.07, 6.45) is 3.79. The van der Waals surface area contributed by atoms with Crippen LogP contribution in [-0.2, 0) is 9.59 Å². The average Bonchev–Trinajstić information content (AvgIpc) is 2.75. The molecule has 0 amide bonds. The van der Waals surface area contributed by atoms with Gasteiger partial charge in [-0.15, -0.1) is 0 Å². The summed E-state index contributed by atoms with van der Waals surface area (Å²) in [5.41, 5.74) is 0. The molecule has 2 aliphatic rings. The summed E-state index contributed by atoms with van der Waals surface area (Å²) in [5.74, 6) is -1.40. The number of piperazine rings is 1. The number of pyridine rings is 1. The normalized spacial score (nSPS) is 23.0. The van der Waals surface area contributed by atoms with Crippen molar-refractivity contribution in [2.75, 3.05) is 25.0 Å². The van der Waals surface area contributed by atoms with Crippen LogP contribution in [0.4, 0.5) is 5.82 Å². The molecule has 0 aliphatic carbocycles. The second-order valence-corrected chi connectivity index (χ2v) is 6.60. The minimum atomic E-state index is -1.26. The minimum absolute atomic E-state index is 0.558. The van der Waals surface area contributed by atoms with Crippen LogP contribution in [0.2, 0.25) is 0 Å². The molecule has 0 saturated carbocycles. The highest BCUT2D eigenvalue weighted by molar-refractivity contribution is 9.10. The zero-order valence-electron chi connectivity index (χ0n) is 13.3. The number of fused-ring (bicyclic) bond motifs is 2. The summed E-state index contributed by atoms with van der Waals surface area (Å²) in [4.78, 5) is 28.6. The molecule has 0 aromatic carbocycles. The molecule has 3 rings (SSSR count). The maximum absolute atomic E-state index is 9.55. The van der Waals surface area contributed by atoms with Crippen LogP contribution in [0.15, 0.2) is 35.0 Å². The Balaban J connectivity index is 0.000000224. The van der Waals surface area contributed by atoms with E-state index in [1.165, 1.54) is 12.8 Å². The number of hydrogen-bond donors (Lipinski definition) is 2. The number of carbonyl (C=O) groups is 2. The highest BCUT2D eigenvalue weighted by Gasteiger charge is 2.37. The molecule has 2 bridgehead atoms. The van der Waals surface area contributed by atoms with E-state index in [2.05, 4.69) is 49.9 Å². The lowest BCUT2D eigenvalue weighted by Gasteiger charge is -2.39. The molecule has 2 unspecified atom stereocenters. The smallest absolute Gasteiger partial charge is 0.328 e. The Morgan fingerprint density at radius 3 is 2.17 bits per heavy atom. The number of rotatable bonds is 3. The van der Waals surface area contributed by atoms with Gasteiger partial charge in [0, 0.05) is 37.3 Å². The number of halogens is 1. The maximum Gasteiger partial charge on any atom is 0.328 e. The van der Waals surface area contributed by atoms with Crippen LogP contribution in [0.1, 0.15) is 12.8 Å². The van der Waals surface area contributed by atoms with E-state index in [0.29, 0.717) is 12.2 Å². The zero-order valence-corrected chi connectivity index (χ0v) is 14.9. The summed E-state index contributed by atoms with van der Waals surface area (Å²) >= 11 is 3.44. The molecule has 8 heteroatoms. The van der Waals surface area contributed by atoms with Gasteiger partial charge in [0.25, 0.3) is 0 Å².